The molecule has 6 rings (SSSR count). The Labute approximate surface area is 174 Å². The summed E-state index contributed by atoms with van der Waals surface area (Å²) in [5.41, 5.74) is 1.69. The smallest absolute Gasteiger partial charge is 0.312 e. The second kappa shape index (κ2) is 6.91. The number of cyclic esters (lactones) is 1. The number of rotatable bonds is 5. The van der Waals surface area contributed by atoms with Gasteiger partial charge in [-0.15, -0.1) is 0 Å². The van der Waals surface area contributed by atoms with Crippen LogP contribution in [0.3, 0.4) is 0 Å². The molecule has 0 N–H and O–H groups in total. The number of imidazole rings is 1. The van der Waals surface area contributed by atoms with Crippen molar-refractivity contribution in [3.05, 3.63) is 42.3 Å². The van der Waals surface area contributed by atoms with Crippen LogP contribution in [0.1, 0.15) is 49.7 Å². The maximum absolute atomic E-state index is 12.8. The quantitative estimate of drug-likeness (QED) is 0.601. The van der Waals surface area contributed by atoms with Gasteiger partial charge in [0.15, 0.2) is 5.82 Å². The Morgan fingerprint density at radius 1 is 1.17 bits per heavy atom. The maximum atomic E-state index is 12.8. The first-order chi connectivity index (χ1) is 14.7. The number of carbonyl (C=O) groups excluding carboxylic acids is 1. The van der Waals surface area contributed by atoms with Crippen molar-refractivity contribution < 1.29 is 14.1 Å². The Morgan fingerprint density at radius 2 is 2.00 bits per heavy atom. The predicted octanol–water partition coefficient (Wildman–Crippen LogP) is 2.89. The zero-order chi connectivity index (χ0) is 20.1. The molecule has 1 spiro atoms. The molecular weight excluding hydrogens is 382 g/mol. The molecule has 1 atom stereocenters. The summed E-state index contributed by atoms with van der Waals surface area (Å²) in [5.74, 6) is 2.01. The van der Waals surface area contributed by atoms with Gasteiger partial charge in [-0.05, 0) is 50.9 Å². The van der Waals surface area contributed by atoms with Crippen molar-refractivity contribution in [3.63, 3.8) is 0 Å². The van der Waals surface area contributed by atoms with Crippen molar-refractivity contribution in [1.82, 2.24) is 24.6 Å². The summed E-state index contributed by atoms with van der Waals surface area (Å²) in [6.45, 7) is 3.01. The third kappa shape index (κ3) is 3.19. The lowest BCUT2D eigenvalue weighted by atomic mass is 9.76. The minimum absolute atomic E-state index is 0.0367. The molecule has 1 aromatic carbocycles. The molecule has 3 aliphatic rings. The van der Waals surface area contributed by atoms with Gasteiger partial charge in [0.05, 0.1) is 35.9 Å². The van der Waals surface area contributed by atoms with E-state index in [1.807, 2.05) is 24.5 Å². The monoisotopic (exact) mass is 407 g/mol. The zero-order valence-electron chi connectivity index (χ0n) is 16.9. The number of ether oxygens (including phenoxy) is 1. The van der Waals surface area contributed by atoms with E-state index in [0.29, 0.717) is 24.9 Å². The van der Waals surface area contributed by atoms with Gasteiger partial charge in [0.1, 0.15) is 6.10 Å². The van der Waals surface area contributed by atoms with E-state index >= 15 is 0 Å². The molecule has 8 nitrogen and oxygen atoms in total. The fourth-order valence-corrected chi connectivity index (χ4v) is 4.89. The number of likely N-dealkylation sites (tertiary alicyclic amines) is 1. The van der Waals surface area contributed by atoms with E-state index in [1.165, 1.54) is 12.8 Å². The summed E-state index contributed by atoms with van der Waals surface area (Å²) < 4.78 is 13.3. The van der Waals surface area contributed by atoms with E-state index < -0.39 is 0 Å². The molecule has 4 heterocycles. The molecule has 8 heteroatoms. The van der Waals surface area contributed by atoms with Gasteiger partial charge < -0.3 is 13.8 Å². The number of esters is 1. The third-order valence-electron chi connectivity index (χ3n) is 6.85. The Hall–Kier alpha value is -2.74. The first kappa shape index (κ1) is 18.1. The molecule has 156 valence electrons. The Balaban J connectivity index is 1.08. The molecule has 0 amide bonds. The number of nitrogens with zero attached hydrogens (tertiary/aromatic N) is 5. The van der Waals surface area contributed by atoms with Crippen molar-refractivity contribution in [2.45, 2.75) is 57.2 Å². The average molecular weight is 407 g/mol. The molecule has 30 heavy (non-hydrogen) atoms. The molecule has 3 fully saturated rings. The predicted molar refractivity (Wildman–Crippen MR) is 107 cm³/mol. The first-order valence-electron chi connectivity index (χ1n) is 10.8. The number of benzene rings is 1. The molecule has 3 aromatic rings. The van der Waals surface area contributed by atoms with Crippen LogP contribution in [-0.2, 0) is 22.6 Å². The van der Waals surface area contributed by atoms with E-state index in [0.717, 1.165) is 49.2 Å². The van der Waals surface area contributed by atoms with E-state index in [-0.39, 0.29) is 17.5 Å². The number of hydrogen-bond donors (Lipinski definition) is 0. The minimum atomic E-state index is -0.356. The Morgan fingerprint density at radius 3 is 2.83 bits per heavy atom. The van der Waals surface area contributed by atoms with Crippen LogP contribution < -0.4 is 0 Å². The summed E-state index contributed by atoms with van der Waals surface area (Å²) >= 11 is 0. The largest absolute Gasteiger partial charge is 0.460 e. The van der Waals surface area contributed by atoms with E-state index in [9.17, 15) is 4.79 Å². The molecule has 2 aromatic heterocycles. The summed E-state index contributed by atoms with van der Waals surface area (Å²) in [4.78, 5) is 24.1. The van der Waals surface area contributed by atoms with Crippen molar-refractivity contribution in [2.75, 3.05) is 13.1 Å². The third-order valence-corrected chi connectivity index (χ3v) is 6.85. The summed E-state index contributed by atoms with van der Waals surface area (Å²) in [6, 6.07) is 8.05. The number of fused-ring (bicyclic) bond motifs is 1. The first-order valence-corrected chi connectivity index (χ1v) is 10.8. The van der Waals surface area contributed by atoms with Crippen molar-refractivity contribution in [1.29, 1.82) is 0 Å². The lowest BCUT2D eigenvalue weighted by Crippen LogP contribution is -2.42. The summed E-state index contributed by atoms with van der Waals surface area (Å²) in [7, 11) is 0. The number of piperidine rings is 1. The van der Waals surface area contributed by atoms with Crippen LogP contribution in [0.25, 0.3) is 11.0 Å². The van der Waals surface area contributed by atoms with Gasteiger partial charge in [0.2, 0.25) is 5.89 Å². The van der Waals surface area contributed by atoms with Gasteiger partial charge in [-0.2, -0.15) is 4.98 Å². The van der Waals surface area contributed by atoms with Crippen LogP contribution in [0, 0.1) is 5.41 Å². The van der Waals surface area contributed by atoms with E-state index in [4.69, 9.17) is 9.26 Å². The zero-order valence-corrected chi connectivity index (χ0v) is 16.9. The van der Waals surface area contributed by atoms with Gasteiger partial charge in [0.25, 0.3) is 0 Å². The van der Waals surface area contributed by atoms with E-state index in [2.05, 4.69) is 30.7 Å². The molecule has 1 saturated carbocycles. The highest BCUT2D eigenvalue weighted by molar-refractivity contribution is 5.79. The maximum Gasteiger partial charge on any atom is 0.312 e. The highest BCUT2D eigenvalue weighted by atomic mass is 16.6. The Bertz CT molecular complexity index is 1080. The van der Waals surface area contributed by atoms with Crippen molar-refractivity contribution >= 4 is 17.0 Å². The molecule has 2 aliphatic heterocycles. The Kier molecular flexibility index (Phi) is 4.16. The normalized spacial score (nSPS) is 24.0. The number of aromatic nitrogens is 4. The minimum Gasteiger partial charge on any atom is -0.460 e. The lowest BCUT2D eigenvalue weighted by Gasteiger charge is -2.35. The van der Waals surface area contributed by atoms with Gasteiger partial charge >= 0.3 is 5.97 Å². The van der Waals surface area contributed by atoms with Crippen molar-refractivity contribution in [3.8, 4) is 0 Å². The molecule has 1 unspecified atom stereocenters. The van der Waals surface area contributed by atoms with Crippen LogP contribution in [0.15, 0.2) is 35.1 Å². The van der Waals surface area contributed by atoms with Gasteiger partial charge in [-0.25, -0.2) is 4.98 Å². The van der Waals surface area contributed by atoms with Gasteiger partial charge in [0, 0.05) is 12.3 Å². The fourth-order valence-electron chi connectivity index (χ4n) is 4.89. The molecule has 0 bridgehead atoms. The fraction of sp³-hybridized carbons (Fsp3) is 0.545. The van der Waals surface area contributed by atoms with Gasteiger partial charge in [-0.3, -0.25) is 9.69 Å². The van der Waals surface area contributed by atoms with Crippen molar-refractivity contribution in [2.24, 2.45) is 5.41 Å². The SMILES string of the molecule is O=C1OC(Cn2cnc3ccccc32)CC12CCN(Cc1nc(C3CC3)no1)CC2. The van der Waals surface area contributed by atoms with Crippen LogP contribution in [0.2, 0.25) is 0 Å². The van der Waals surface area contributed by atoms with Crippen LogP contribution in [-0.4, -0.2) is 49.8 Å². The highest BCUT2D eigenvalue weighted by Gasteiger charge is 2.50. The van der Waals surface area contributed by atoms with E-state index in [1.54, 1.807) is 0 Å². The highest BCUT2D eigenvalue weighted by Crippen LogP contribution is 2.44. The summed E-state index contributed by atoms with van der Waals surface area (Å²) in [6.07, 6.45) is 6.49. The lowest BCUT2D eigenvalue weighted by molar-refractivity contribution is -0.151. The molecule has 0 radical (unpaired) electrons. The van der Waals surface area contributed by atoms with Crippen LogP contribution >= 0.6 is 0 Å². The summed E-state index contributed by atoms with van der Waals surface area (Å²) in [5, 5.41) is 4.10. The standard InChI is InChI=1S/C22H25N5O3/c28-21-22(11-16(29-21)12-27-14-23-17-3-1-2-4-18(17)27)7-9-26(10-8-22)13-19-24-20(25-30-19)15-5-6-15/h1-4,14-16H,5-13H2. The molecule has 2 saturated heterocycles. The second-order valence-corrected chi connectivity index (χ2v) is 8.99. The number of carbonyl (C=O) groups is 1. The molecule has 1 aliphatic carbocycles. The number of hydrogen-bond acceptors (Lipinski definition) is 7. The second-order valence-electron chi connectivity index (χ2n) is 8.99. The number of para-hydroxylation sites is 2. The molecular formula is C22H25N5O3. The topological polar surface area (TPSA) is 86.3 Å². The van der Waals surface area contributed by atoms with Crippen LogP contribution in [0.4, 0.5) is 0 Å². The van der Waals surface area contributed by atoms with Gasteiger partial charge in [-0.1, -0.05) is 17.3 Å². The average Bonchev–Trinajstić information content (AvgIpc) is 3.26. The van der Waals surface area contributed by atoms with Crippen LogP contribution in [0.5, 0.6) is 0 Å².